The van der Waals surface area contributed by atoms with Crippen LogP contribution in [0.3, 0.4) is 0 Å². The van der Waals surface area contributed by atoms with Gasteiger partial charge in [-0.25, -0.2) is 17.6 Å². The molecule has 0 bridgehead atoms. The molecule has 0 unspecified atom stereocenters. The van der Waals surface area contributed by atoms with Gasteiger partial charge in [0.05, 0.1) is 10.5 Å². The largest absolute Gasteiger partial charge is 0.478 e. The lowest BCUT2D eigenvalue weighted by Crippen LogP contribution is -2.33. The number of carbonyl (C=O) groups is 1. The molecule has 0 aliphatic rings. The summed E-state index contributed by atoms with van der Waals surface area (Å²) in [6.45, 7) is 5.49. The first-order valence-corrected chi connectivity index (χ1v) is 7.42. The molecule has 5 nitrogen and oxygen atoms in total. The quantitative estimate of drug-likeness (QED) is 0.783. The van der Waals surface area contributed by atoms with Gasteiger partial charge in [-0.1, -0.05) is 13.0 Å². The van der Waals surface area contributed by atoms with Gasteiger partial charge in [0.1, 0.15) is 5.82 Å². The molecule has 0 radical (unpaired) electrons. The summed E-state index contributed by atoms with van der Waals surface area (Å²) in [5.41, 5.74) is -0.448. The van der Waals surface area contributed by atoms with Crippen molar-refractivity contribution < 1.29 is 22.7 Å². The number of halogens is 1. The van der Waals surface area contributed by atoms with Crippen molar-refractivity contribution in [2.24, 2.45) is 0 Å². The zero-order chi connectivity index (χ0) is 15.3. The van der Waals surface area contributed by atoms with Crippen LogP contribution >= 0.6 is 0 Å². The third-order valence-electron chi connectivity index (χ3n) is 2.60. The molecule has 1 N–H and O–H groups in total. The van der Waals surface area contributed by atoms with Crippen molar-refractivity contribution in [3.8, 4) is 0 Å². The van der Waals surface area contributed by atoms with Crippen LogP contribution in [0.5, 0.6) is 0 Å². The molecule has 1 rings (SSSR count). The Balaban J connectivity index is 3.42. The topological polar surface area (TPSA) is 74.7 Å². The summed E-state index contributed by atoms with van der Waals surface area (Å²) < 4.78 is 39.2. The van der Waals surface area contributed by atoms with Gasteiger partial charge in [0.25, 0.3) is 0 Å². The van der Waals surface area contributed by atoms with E-state index in [1.807, 2.05) is 0 Å². The molecule has 20 heavy (non-hydrogen) atoms. The minimum atomic E-state index is -4.08. The Bertz CT molecular complexity index is 613. The number of rotatable bonds is 7. The highest BCUT2D eigenvalue weighted by Crippen LogP contribution is 2.22. The van der Waals surface area contributed by atoms with E-state index in [2.05, 4.69) is 6.58 Å². The zero-order valence-electron chi connectivity index (χ0n) is 11.0. The number of nitrogens with zero attached hydrogens (tertiary/aromatic N) is 1. The lowest BCUT2D eigenvalue weighted by atomic mass is 10.2. The Labute approximate surface area is 117 Å². The average Bonchev–Trinajstić information content (AvgIpc) is 2.38. The van der Waals surface area contributed by atoms with Gasteiger partial charge in [-0.3, -0.25) is 0 Å². The van der Waals surface area contributed by atoms with Crippen LogP contribution in [0.25, 0.3) is 0 Å². The van der Waals surface area contributed by atoms with Gasteiger partial charge in [0, 0.05) is 13.1 Å². The molecule has 0 amide bonds. The van der Waals surface area contributed by atoms with Gasteiger partial charge >= 0.3 is 5.97 Å². The van der Waals surface area contributed by atoms with E-state index < -0.39 is 32.3 Å². The third-order valence-corrected chi connectivity index (χ3v) is 4.50. The Morgan fingerprint density at radius 3 is 2.65 bits per heavy atom. The first kappa shape index (κ1) is 16.3. The molecular weight excluding hydrogens is 285 g/mol. The van der Waals surface area contributed by atoms with Crippen LogP contribution in [0.15, 0.2) is 35.7 Å². The average molecular weight is 301 g/mol. The maximum Gasteiger partial charge on any atom is 0.337 e. The van der Waals surface area contributed by atoms with Crippen LogP contribution in [0.2, 0.25) is 0 Å². The Morgan fingerprint density at radius 2 is 2.15 bits per heavy atom. The van der Waals surface area contributed by atoms with Gasteiger partial charge < -0.3 is 5.11 Å². The molecule has 0 aliphatic heterocycles. The number of sulfonamides is 1. The predicted octanol–water partition coefficient (Wildman–Crippen LogP) is 2.11. The monoisotopic (exact) mass is 301 g/mol. The van der Waals surface area contributed by atoms with E-state index in [0.29, 0.717) is 6.42 Å². The fraction of sp³-hybridized carbons (Fsp3) is 0.308. The minimum absolute atomic E-state index is 0.0335. The molecule has 1 aromatic carbocycles. The highest BCUT2D eigenvalue weighted by atomic mass is 32.2. The second kappa shape index (κ2) is 6.62. The fourth-order valence-corrected chi connectivity index (χ4v) is 3.43. The van der Waals surface area contributed by atoms with Gasteiger partial charge in [-0.15, -0.1) is 6.58 Å². The Morgan fingerprint density at radius 1 is 1.50 bits per heavy atom. The Kier molecular flexibility index (Phi) is 5.41. The molecule has 0 aliphatic carbocycles. The van der Waals surface area contributed by atoms with Crippen molar-refractivity contribution in [1.29, 1.82) is 0 Å². The van der Waals surface area contributed by atoms with Crippen molar-refractivity contribution in [3.63, 3.8) is 0 Å². The summed E-state index contributed by atoms with van der Waals surface area (Å²) in [6.07, 6.45) is 1.94. The summed E-state index contributed by atoms with van der Waals surface area (Å²) in [4.78, 5) is 10.6. The van der Waals surface area contributed by atoms with E-state index in [1.165, 1.54) is 6.08 Å². The molecule has 0 saturated carbocycles. The number of aromatic carboxylic acids is 1. The summed E-state index contributed by atoms with van der Waals surface area (Å²) in [6, 6.07) is 2.59. The molecule has 0 aromatic heterocycles. The third kappa shape index (κ3) is 3.43. The van der Waals surface area contributed by atoms with Gasteiger partial charge in [0.2, 0.25) is 10.0 Å². The van der Waals surface area contributed by atoms with Crippen molar-refractivity contribution in [3.05, 3.63) is 42.2 Å². The first-order chi connectivity index (χ1) is 9.34. The standard InChI is InChI=1S/C13H16FNO4S/c1-3-7-15(8-4-2)20(18,19)12-9-10(14)5-6-11(12)13(16)17/h3,5-6,9H,1,4,7-8H2,2H3,(H,16,17). The van der Waals surface area contributed by atoms with E-state index in [9.17, 15) is 17.6 Å². The number of carboxylic acids is 1. The van der Waals surface area contributed by atoms with E-state index in [0.717, 1.165) is 22.5 Å². The second-order valence-corrected chi connectivity index (χ2v) is 6.00. The van der Waals surface area contributed by atoms with Crippen LogP contribution < -0.4 is 0 Å². The number of hydrogen-bond acceptors (Lipinski definition) is 3. The van der Waals surface area contributed by atoms with Crippen molar-refractivity contribution in [2.45, 2.75) is 18.2 Å². The second-order valence-electron chi connectivity index (χ2n) is 4.10. The number of hydrogen-bond donors (Lipinski definition) is 1. The summed E-state index contributed by atoms with van der Waals surface area (Å²) in [7, 11) is -4.08. The molecule has 1 aromatic rings. The van der Waals surface area contributed by atoms with E-state index >= 15 is 0 Å². The lowest BCUT2D eigenvalue weighted by molar-refractivity contribution is 0.0692. The summed E-state index contributed by atoms with van der Waals surface area (Å²) in [5.74, 6) is -2.22. The van der Waals surface area contributed by atoms with E-state index in [1.54, 1.807) is 6.92 Å². The maximum absolute atomic E-state index is 13.3. The van der Waals surface area contributed by atoms with Crippen molar-refractivity contribution in [1.82, 2.24) is 4.31 Å². The van der Waals surface area contributed by atoms with Crippen LogP contribution in [-0.4, -0.2) is 36.9 Å². The van der Waals surface area contributed by atoms with E-state index in [4.69, 9.17) is 5.11 Å². The Hall–Kier alpha value is -1.73. The molecule has 110 valence electrons. The first-order valence-electron chi connectivity index (χ1n) is 5.98. The lowest BCUT2D eigenvalue weighted by Gasteiger charge is -2.21. The van der Waals surface area contributed by atoms with Crippen molar-refractivity contribution in [2.75, 3.05) is 13.1 Å². The molecule has 0 spiro atoms. The van der Waals surface area contributed by atoms with Crippen molar-refractivity contribution >= 4 is 16.0 Å². The minimum Gasteiger partial charge on any atom is -0.478 e. The smallest absolute Gasteiger partial charge is 0.337 e. The highest BCUT2D eigenvalue weighted by molar-refractivity contribution is 7.89. The van der Waals surface area contributed by atoms with Crippen LogP contribution in [0, 0.1) is 5.82 Å². The molecule has 0 atom stereocenters. The molecule has 0 saturated heterocycles. The molecule has 0 heterocycles. The van der Waals surface area contributed by atoms with Gasteiger partial charge in [-0.2, -0.15) is 4.31 Å². The fourth-order valence-electron chi connectivity index (χ4n) is 1.73. The van der Waals surface area contributed by atoms with Gasteiger partial charge in [-0.05, 0) is 24.6 Å². The molecule has 7 heteroatoms. The molecule has 0 fully saturated rings. The number of carboxylic acid groups (broad SMARTS) is 1. The van der Waals surface area contributed by atoms with Crippen LogP contribution in [-0.2, 0) is 10.0 Å². The van der Waals surface area contributed by atoms with Gasteiger partial charge in [0.15, 0.2) is 0 Å². The summed E-state index contributed by atoms with van der Waals surface area (Å²) >= 11 is 0. The SMILES string of the molecule is C=CCN(CCC)S(=O)(=O)c1cc(F)ccc1C(=O)O. The predicted molar refractivity (Wildman–Crippen MR) is 72.6 cm³/mol. The van der Waals surface area contributed by atoms with Crippen LogP contribution in [0.4, 0.5) is 4.39 Å². The summed E-state index contributed by atoms with van der Waals surface area (Å²) in [5, 5.41) is 9.04. The number of benzene rings is 1. The normalized spacial score (nSPS) is 11.6. The highest BCUT2D eigenvalue weighted by Gasteiger charge is 2.28. The van der Waals surface area contributed by atoms with Crippen LogP contribution in [0.1, 0.15) is 23.7 Å². The van der Waals surface area contributed by atoms with E-state index in [-0.39, 0.29) is 13.1 Å². The molecular formula is C13H16FNO4S. The maximum atomic E-state index is 13.3. The zero-order valence-corrected chi connectivity index (χ0v) is 11.9.